The van der Waals surface area contributed by atoms with Gasteiger partial charge >= 0.3 is 0 Å². The molecule has 0 fully saturated rings. The van der Waals surface area contributed by atoms with E-state index in [4.69, 9.17) is 17.0 Å². The third-order valence-electron chi connectivity index (χ3n) is 3.82. The Hall–Kier alpha value is -2.40. The molecular weight excluding hydrogens is 344 g/mol. The van der Waals surface area contributed by atoms with E-state index in [1.165, 1.54) is 5.56 Å². The zero-order valence-corrected chi connectivity index (χ0v) is 16.8. The molecule has 2 aromatic carbocycles. The summed E-state index contributed by atoms with van der Waals surface area (Å²) >= 11 is 5.19. The van der Waals surface area contributed by atoms with Gasteiger partial charge in [-0.3, -0.25) is 10.1 Å². The number of thiocarbonyl (C=S) groups is 1. The van der Waals surface area contributed by atoms with E-state index in [0.29, 0.717) is 5.75 Å². The van der Waals surface area contributed by atoms with Gasteiger partial charge in [0.2, 0.25) is 0 Å². The zero-order valence-electron chi connectivity index (χ0n) is 16.0. The molecule has 0 aliphatic carbocycles. The first kappa shape index (κ1) is 19.9. The highest BCUT2D eigenvalue weighted by Gasteiger charge is 2.13. The maximum atomic E-state index is 12.0. The number of anilines is 1. The molecule has 0 atom stereocenters. The number of ether oxygens (including phenoxy) is 1. The Morgan fingerprint density at radius 1 is 1.04 bits per heavy atom. The van der Waals surface area contributed by atoms with Gasteiger partial charge in [-0.2, -0.15) is 0 Å². The molecular formula is C21H26N2O2S. The Balaban J connectivity index is 1.83. The van der Waals surface area contributed by atoms with E-state index >= 15 is 0 Å². The van der Waals surface area contributed by atoms with Crippen LogP contribution in [0.3, 0.4) is 0 Å². The number of rotatable bonds is 4. The van der Waals surface area contributed by atoms with Crippen LogP contribution in [-0.4, -0.2) is 17.6 Å². The topological polar surface area (TPSA) is 50.4 Å². The van der Waals surface area contributed by atoms with Crippen molar-refractivity contribution >= 4 is 28.9 Å². The largest absolute Gasteiger partial charge is 0.484 e. The minimum Gasteiger partial charge on any atom is -0.484 e. The summed E-state index contributed by atoms with van der Waals surface area (Å²) in [5.74, 6) is 0.355. The Bertz CT molecular complexity index is 772. The number of carbonyl (C=O) groups excluding carboxylic acids is 1. The summed E-state index contributed by atoms with van der Waals surface area (Å²) in [5.41, 5.74) is 4.41. The van der Waals surface area contributed by atoms with Crippen LogP contribution in [0.4, 0.5) is 5.69 Å². The van der Waals surface area contributed by atoms with E-state index in [9.17, 15) is 4.79 Å². The van der Waals surface area contributed by atoms with Crippen LogP contribution in [-0.2, 0) is 10.2 Å². The van der Waals surface area contributed by atoms with Gasteiger partial charge in [0.25, 0.3) is 5.91 Å². The van der Waals surface area contributed by atoms with Crippen LogP contribution in [0.1, 0.15) is 37.5 Å². The average Bonchev–Trinajstić information content (AvgIpc) is 2.51. The molecule has 1 amide bonds. The van der Waals surface area contributed by atoms with Gasteiger partial charge in [0.1, 0.15) is 5.75 Å². The number of carbonyl (C=O) groups is 1. The predicted octanol–water partition coefficient (Wildman–Crippen LogP) is 4.49. The number of nitrogens with one attached hydrogen (secondary N) is 2. The van der Waals surface area contributed by atoms with Crippen LogP contribution in [0.2, 0.25) is 0 Å². The molecule has 0 unspecified atom stereocenters. The molecule has 4 nitrogen and oxygen atoms in total. The Labute approximate surface area is 161 Å². The molecule has 5 heteroatoms. The normalized spacial score (nSPS) is 11.0. The van der Waals surface area contributed by atoms with Crippen molar-refractivity contribution in [3.05, 3.63) is 59.2 Å². The number of benzene rings is 2. The second-order valence-electron chi connectivity index (χ2n) is 7.44. The summed E-state index contributed by atoms with van der Waals surface area (Å²) in [4.78, 5) is 12.0. The minimum absolute atomic E-state index is 0.0852. The SMILES string of the molecule is Cc1cc(C)cc(NC(=S)NC(=O)COc2ccc(C(C)(C)C)cc2)c1. The van der Waals surface area contributed by atoms with E-state index < -0.39 is 0 Å². The van der Waals surface area contributed by atoms with Crippen molar-refractivity contribution < 1.29 is 9.53 Å². The molecule has 2 N–H and O–H groups in total. The van der Waals surface area contributed by atoms with Crippen LogP contribution in [0.25, 0.3) is 0 Å². The maximum absolute atomic E-state index is 12.0. The smallest absolute Gasteiger partial charge is 0.264 e. The van der Waals surface area contributed by atoms with Gasteiger partial charge in [-0.05, 0) is 72.4 Å². The van der Waals surface area contributed by atoms with E-state index in [1.807, 2.05) is 50.2 Å². The second kappa shape index (κ2) is 8.32. The maximum Gasteiger partial charge on any atom is 0.264 e. The Morgan fingerprint density at radius 2 is 1.62 bits per heavy atom. The molecule has 0 aliphatic rings. The Kier molecular flexibility index (Phi) is 6.37. The van der Waals surface area contributed by atoms with Gasteiger partial charge in [-0.25, -0.2) is 0 Å². The monoisotopic (exact) mass is 370 g/mol. The van der Waals surface area contributed by atoms with E-state index in [0.717, 1.165) is 16.8 Å². The van der Waals surface area contributed by atoms with Crippen molar-refractivity contribution in [2.75, 3.05) is 11.9 Å². The van der Waals surface area contributed by atoms with Gasteiger partial charge in [0.15, 0.2) is 11.7 Å². The highest BCUT2D eigenvalue weighted by Crippen LogP contribution is 2.24. The summed E-state index contributed by atoms with van der Waals surface area (Å²) < 4.78 is 5.53. The molecule has 0 spiro atoms. The highest BCUT2D eigenvalue weighted by atomic mass is 32.1. The van der Waals surface area contributed by atoms with Gasteiger partial charge in [0, 0.05) is 5.69 Å². The first-order chi connectivity index (χ1) is 12.1. The van der Waals surface area contributed by atoms with Crippen LogP contribution in [0, 0.1) is 13.8 Å². The minimum atomic E-state index is -0.299. The lowest BCUT2D eigenvalue weighted by Crippen LogP contribution is -2.37. The lowest BCUT2D eigenvalue weighted by molar-refractivity contribution is -0.121. The summed E-state index contributed by atoms with van der Waals surface area (Å²) in [6.45, 7) is 10.4. The predicted molar refractivity (Wildman–Crippen MR) is 111 cm³/mol. The first-order valence-corrected chi connectivity index (χ1v) is 8.97. The molecule has 0 saturated carbocycles. The van der Waals surface area contributed by atoms with E-state index in [1.54, 1.807) is 0 Å². The number of aryl methyl sites for hydroxylation is 2. The third kappa shape index (κ3) is 6.15. The van der Waals surface area contributed by atoms with Gasteiger partial charge < -0.3 is 10.1 Å². The quantitative estimate of drug-likeness (QED) is 0.779. The summed E-state index contributed by atoms with van der Waals surface area (Å²) in [5, 5.41) is 5.91. The molecule has 0 saturated heterocycles. The van der Waals surface area contributed by atoms with Crippen LogP contribution in [0.15, 0.2) is 42.5 Å². The molecule has 2 aromatic rings. The third-order valence-corrected chi connectivity index (χ3v) is 4.03. The summed E-state index contributed by atoms with van der Waals surface area (Å²) in [7, 11) is 0. The first-order valence-electron chi connectivity index (χ1n) is 8.56. The Morgan fingerprint density at radius 3 is 2.15 bits per heavy atom. The molecule has 0 radical (unpaired) electrons. The molecule has 2 rings (SSSR count). The molecule has 138 valence electrons. The molecule has 0 heterocycles. The summed E-state index contributed by atoms with van der Waals surface area (Å²) in [6, 6.07) is 13.8. The lowest BCUT2D eigenvalue weighted by Gasteiger charge is -2.19. The van der Waals surface area contributed by atoms with Crippen molar-refractivity contribution in [1.29, 1.82) is 0 Å². The van der Waals surface area contributed by atoms with E-state index in [2.05, 4.69) is 37.5 Å². The fourth-order valence-electron chi connectivity index (χ4n) is 2.57. The van der Waals surface area contributed by atoms with Crippen LogP contribution >= 0.6 is 12.2 Å². The average molecular weight is 371 g/mol. The molecule has 0 aliphatic heterocycles. The lowest BCUT2D eigenvalue weighted by atomic mass is 9.87. The molecule has 0 bridgehead atoms. The number of hydrogen-bond donors (Lipinski definition) is 2. The second-order valence-corrected chi connectivity index (χ2v) is 7.85. The molecule has 0 aromatic heterocycles. The van der Waals surface area contributed by atoms with Crippen molar-refractivity contribution in [2.24, 2.45) is 0 Å². The summed E-state index contributed by atoms with van der Waals surface area (Å²) in [6.07, 6.45) is 0. The highest BCUT2D eigenvalue weighted by molar-refractivity contribution is 7.80. The van der Waals surface area contributed by atoms with Crippen molar-refractivity contribution in [2.45, 2.75) is 40.0 Å². The molecule has 26 heavy (non-hydrogen) atoms. The van der Waals surface area contributed by atoms with Crippen LogP contribution < -0.4 is 15.4 Å². The van der Waals surface area contributed by atoms with Crippen molar-refractivity contribution in [1.82, 2.24) is 5.32 Å². The van der Waals surface area contributed by atoms with Crippen molar-refractivity contribution in [3.63, 3.8) is 0 Å². The van der Waals surface area contributed by atoms with Gasteiger partial charge in [0.05, 0.1) is 0 Å². The standard InChI is InChI=1S/C21H26N2O2S/c1-14-10-15(2)12-17(11-14)22-20(26)23-19(24)13-25-18-8-6-16(7-9-18)21(3,4)5/h6-12H,13H2,1-5H3,(H2,22,23,24,26). The zero-order chi connectivity index (χ0) is 19.3. The fraction of sp³-hybridized carbons (Fsp3) is 0.333. The van der Waals surface area contributed by atoms with Gasteiger partial charge in [-0.1, -0.05) is 39.0 Å². The van der Waals surface area contributed by atoms with Crippen LogP contribution in [0.5, 0.6) is 5.75 Å². The van der Waals surface area contributed by atoms with Crippen molar-refractivity contribution in [3.8, 4) is 5.75 Å². The number of amides is 1. The fourth-order valence-corrected chi connectivity index (χ4v) is 2.80. The van der Waals surface area contributed by atoms with Gasteiger partial charge in [-0.15, -0.1) is 0 Å². The number of hydrogen-bond acceptors (Lipinski definition) is 3. The van der Waals surface area contributed by atoms with E-state index in [-0.39, 0.29) is 23.0 Å².